The van der Waals surface area contributed by atoms with Gasteiger partial charge in [0.25, 0.3) is 0 Å². The quantitative estimate of drug-likeness (QED) is 0.853. The van der Waals surface area contributed by atoms with Crippen LogP contribution < -0.4 is 10.6 Å². The van der Waals surface area contributed by atoms with Crippen LogP contribution in [-0.2, 0) is 11.2 Å². The van der Waals surface area contributed by atoms with Gasteiger partial charge in [-0.05, 0) is 43.4 Å². The molecule has 4 heteroatoms. The topological polar surface area (TPSA) is 41.1 Å². The van der Waals surface area contributed by atoms with Crippen LogP contribution in [0.4, 0.5) is 11.4 Å². The molecule has 1 aliphatic heterocycles. The zero-order valence-corrected chi connectivity index (χ0v) is 12.5. The molecular weight excluding hydrogens is 260 g/mol. The first kappa shape index (κ1) is 14.2. The normalized spacial score (nSPS) is 15.3. The molecule has 3 nitrogen and oxygen atoms in total. The highest BCUT2D eigenvalue weighted by atomic mass is 35.5. The molecule has 0 bridgehead atoms. The third kappa shape index (κ3) is 3.63. The van der Waals surface area contributed by atoms with Crippen molar-refractivity contribution in [1.82, 2.24) is 0 Å². The van der Waals surface area contributed by atoms with Crippen LogP contribution in [0.5, 0.6) is 0 Å². The third-order valence-corrected chi connectivity index (χ3v) is 3.71. The number of carbonyl (C=O) groups is 1. The molecule has 19 heavy (non-hydrogen) atoms. The van der Waals surface area contributed by atoms with Crippen LogP contribution >= 0.6 is 11.6 Å². The van der Waals surface area contributed by atoms with E-state index >= 15 is 0 Å². The lowest BCUT2D eigenvalue weighted by atomic mass is 10.0. The largest absolute Gasteiger partial charge is 0.381 e. The van der Waals surface area contributed by atoms with Crippen LogP contribution in [0.15, 0.2) is 12.1 Å². The van der Waals surface area contributed by atoms with Crippen molar-refractivity contribution in [3.8, 4) is 0 Å². The molecule has 0 saturated carbocycles. The Balaban J connectivity index is 2.05. The molecule has 1 atom stereocenters. The molecule has 1 aliphatic rings. The van der Waals surface area contributed by atoms with E-state index in [0.29, 0.717) is 23.4 Å². The molecule has 0 radical (unpaired) electrons. The van der Waals surface area contributed by atoms with Gasteiger partial charge >= 0.3 is 0 Å². The van der Waals surface area contributed by atoms with E-state index in [2.05, 4.69) is 31.4 Å². The van der Waals surface area contributed by atoms with Crippen molar-refractivity contribution in [2.24, 2.45) is 5.92 Å². The number of anilines is 2. The second-order valence-corrected chi connectivity index (χ2v) is 6.14. The van der Waals surface area contributed by atoms with Crippen LogP contribution in [0.25, 0.3) is 0 Å². The molecule has 1 unspecified atom stereocenters. The van der Waals surface area contributed by atoms with Gasteiger partial charge in [0.2, 0.25) is 5.91 Å². The Labute approximate surface area is 119 Å². The number of nitrogens with one attached hydrogen (secondary N) is 2. The number of carbonyl (C=O) groups excluding carboxylic acids is 1. The van der Waals surface area contributed by atoms with Crippen molar-refractivity contribution in [2.45, 2.75) is 46.1 Å². The van der Waals surface area contributed by atoms with Gasteiger partial charge in [-0.15, -0.1) is 0 Å². The monoisotopic (exact) mass is 280 g/mol. The van der Waals surface area contributed by atoms with Crippen LogP contribution in [0.1, 0.15) is 39.2 Å². The molecule has 0 aliphatic carbocycles. The molecule has 1 amide bonds. The predicted octanol–water partition coefficient (Wildman–Crippen LogP) is 4.07. The lowest BCUT2D eigenvalue weighted by Gasteiger charge is -2.18. The molecule has 2 rings (SSSR count). The number of hydrogen-bond donors (Lipinski definition) is 2. The minimum absolute atomic E-state index is 0.0380. The van der Waals surface area contributed by atoms with Crippen molar-refractivity contribution in [2.75, 3.05) is 10.6 Å². The number of fused-ring (bicyclic) bond motifs is 1. The van der Waals surface area contributed by atoms with Crippen molar-refractivity contribution in [3.05, 3.63) is 22.7 Å². The molecule has 0 fully saturated rings. The number of hydrogen-bond acceptors (Lipinski definition) is 2. The highest BCUT2D eigenvalue weighted by Crippen LogP contribution is 2.33. The zero-order chi connectivity index (χ0) is 14.0. The van der Waals surface area contributed by atoms with E-state index in [4.69, 9.17) is 11.6 Å². The Morgan fingerprint density at radius 2 is 2.05 bits per heavy atom. The Bertz CT molecular complexity index is 485. The highest BCUT2D eigenvalue weighted by Gasteiger charge is 2.20. The van der Waals surface area contributed by atoms with Gasteiger partial charge < -0.3 is 10.6 Å². The highest BCUT2D eigenvalue weighted by molar-refractivity contribution is 6.33. The maximum absolute atomic E-state index is 11.3. The Morgan fingerprint density at radius 1 is 1.32 bits per heavy atom. The summed E-state index contributed by atoms with van der Waals surface area (Å²) in [6.07, 6.45) is 2.75. The lowest BCUT2D eigenvalue weighted by Crippen LogP contribution is -2.16. The second kappa shape index (κ2) is 5.83. The van der Waals surface area contributed by atoms with E-state index in [0.717, 1.165) is 23.4 Å². The SMILES string of the molecule is CC(C)CCC(C)Nc1cc2c(cc1Cl)NC(=O)C2. The summed E-state index contributed by atoms with van der Waals surface area (Å²) in [7, 11) is 0. The van der Waals surface area contributed by atoms with Gasteiger partial charge in [-0.25, -0.2) is 0 Å². The van der Waals surface area contributed by atoms with E-state index < -0.39 is 0 Å². The molecular formula is C15H21ClN2O. The van der Waals surface area contributed by atoms with Gasteiger partial charge in [-0.3, -0.25) is 4.79 Å². The summed E-state index contributed by atoms with van der Waals surface area (Å²) >= 11 is 6.25. The summed E-state index contributed by atoms with van der Waals surface area (Å²) in [5, 5.41) is 6.91. The number of halogens is 1. The van der Waals surface area contributed by atoms with E-state index in [1.165, 1.54) is 6.42 Å². The van der Waals surface area contributed by atoms with E-state index in [1.807, 2.05) is 12.1 Å². The molecule has 0 spiro atoms. The predicted molar refractivity (Wildman–Crippen MR) is 80.9 cm³/mol. The van der Waals surface area contributed by atoms with Crippen LogP contribution in [0.3, 0.4) is 0 Å². The Morgan fingerprint density at radius 3 is 2.74 bits per heavy atom. The average Bonchev–Trinajstić information content (AvgIpc) is 2.66. The van der Waals surface area contributed by atoms with Crippen molar-refractivity contribution in [1.29, 1.82) is 0 Å². The number of benzene rings is 1. The minimum Gasteiger partial charge on any atom is -0.381 e. The van der Waals surface area contributed by atoms with E-state index in [1.54, 1.807) is 0 Å². The van der Waals surface area contributed by atoms with Crippen LogP contribution in [0.2, 0.25) is 5.02 Å². The van der Waals surface area contributed by atoms with Gasteiger partial charge in [0, 0.05) is 11.7 Å². The number of rotatable bonds is 5. The van der Waals surface area contributed by atoms with Crippen molar-refractivity contribution in [3.63, 3.8) is 0 Å². The lowest BCUT2D eigenvalue weighted by molar-refractivity contribution is -0.115. The van der Waals surface area contributed by atoms with Crippen molar-refractivity contribution >= 4 is 28.9 Å². The van der Waals surface area contributed by atoms with Gasteiger partial charge in [0.05, 0.1) is 17.1 Å². The molecule has 2 N–H and O–H groups in total. The van der Waals surface area contributed by atoms with Crippen LogP contribution in [0, 0.1) is 5.92 Å². The summed E-state index contributed by atoms with van der Waals surface area (Å²) in [6.45, 7) is 6.62. The standard InChI is InChI=1S/C15H21ClN2O/c1-9(2)4-5-10(3)17-14-6-11-7-15(19)18-13(11)8-12(14)16/h6,8-10,17H,4-5,7H2,1-3H3,(H,18,19). The summed E-state index contributed by atoms with van der Waals surface area (Å²) in [5.41, 5.74) is 2.79. The zero-order valence-electron chi connectivity index (χ0n) is 11.7. The summed E-state index contributed by atoms with van der Waals surface area (Å²) in [6, 6.07) is 4.20. The van der Waals surface area contributed by atoms with Gasteiger partial charge in [-0.1, -0.05) is 25.4 Å². The second-order valence-electron chi connectivity index (χ2n) is 5.73. The summed E-state index contributed by atoms with van der Waals surface area (Å²) in [5.74, 6) is 0.748. The fourth-order valence-electron chi connectivity index (χ4n) is 2.28. The molecule has 1 aromatic carbocycles. The van der Waals surface area contributed by atoms with Crippen LogP contribution in [-0.4, -0.2) is 11.9 Å². The molecule has 0 saturated heterocycles. The maximum Gasteiger partial charge on any atom is 0.228 e. The number of amides is 1. The third-order valence-electron chi connectivity index (χ3n) is 3.40. The first-order valence-corrected chi connectivity index (χ1v) is 7.22. The minimum atomic E-state index is 0.0380. The molecule has 0 aromatic heterocycles. The fourth-order valence-corrected chi connectivity index (χ4v) is 2.50. The molecule has 1 heterocycles. The first-order chi connectivity index (χ1) is 8.95. The molecule has 1 aromatic rings. The van der Waals surface area contributed by atoms with Gasteiger partial charge in [0.15, 0.2) is 0 Å². The first-order valence-electron chi connectivity index (χ1n) is 6.84. The smallest absolute Gasteiger partial charge is 0.228 e. The van der Waals surface area contributed by atoms with Gasteiger partial charge in [-0.2, -0.15) is 0 Å². The average molecular weight is 281 g/mol. The fraction of sp³-hybridized carbons (Fsp3) is 0.533. The maximum atomic E-state index is 11.3. The Kier molecular flexibility index (Phi) is 4.35. The summed E-state index contributed by atoms with van der Waals surface area (Å²) in [4.78, 5) is 11.3. The van der Waals surface area contributed by atoms with E-state index in [9.17, 15) is 4.79 Å². The molecule has 104 valence electrons. The Hall–Kier alpha value is -1.22. The van der Waals surface area contributed by atoms with Gasteiger partial charge in [0.1, 0.15) is 0 Å². The van der Waals surface area contributed by atoms with Crippen molar-refractivity contribution < 1.29 is 4.79 Å². The van der Waals surface area contributed by atoms with E-state index in [-0.39, 0.29) is 5.91 Å². The summed E-state index contributed by atoms with van der Waals surface area (Å²) < 4.78 is 0.